The Morgan fingerprint density at radius 3 is 3.31 bits per heavy atom. The zero-order valence-electron chi connectivity index (χ0n) is 7.23. The molecule has 1 aromatic rings. The molecule has 5 nitrogen and oxygen atoms in total. The monoisotopic (exact) mass is 182 g/mol. The highest BCUT2D eigenvalue weighted by Gasteiger charge is 2.23. The van der Waals surface area contributed by atoms with E-state index in [2.05, 4.69) is 5.10 Å². The molecule has 0 radical (unpaired) electrons. The highest BCUT2D eigenvalue weighted by molar-refractivity contribution is 5.90. The Morgan fingerprint density at radius 1 is 1.85 bits per heavy atom. The van der Waals surface area contributed by atoms with E-state index in [0.29, 0.717) is 18.4 Å². The predicted molar refractivity (Wildman–Crippen MR) is 43.8 cm³/mol. The van der Waals surface area contributed by atoms with E-state index in [-0.39, 0.29) is 5.56 Å². The number of ether oxygens (including phenoxy) is 1. The third-order valence-electron chi connectivity index (χ3n) is 2.01. The number of carboxylic acids is 1. The molecule has 1 aliphatic heterocycles. The first kappa shape index (κ1) is 8.10. The average molecular weight is 182 g/mol. The fraction of sp³-hybridized carbons (Fsp3) is 0.500. The number of aromatic carboxylic acids is 1. The Hall–Kier alpha value is -1.52. The standard InChI is InChI=1S/C8H10N2O3/c1-5-3-10-7(13-4-5)6(2-9-10)8(11)12/h2,5H,3-4H2,1H3,(H,11,12)/t5-/m1/s1. The fourth-order valence-electron chi connectivity index (χ4n) is 1.37. The molecule has 0 bridgehead atoms. The van der Waals surface area contributed by atoms with Crippen molar-refractivity contribution < 1.29 is 14.6 Å². The van der Waals surface area contributed by atoms with Crippen molar-refractivity contribution >= 4 is 5.97 Å². The Morgan fingerprint density at radius 2 is 2.62 bits per heavy atom. The molecule has 70 valence electrons. The largest absolute Gasteiger partial charge is 0.477 e. The van der Waals surface area contributed by atoms with Gasteiger partial charge in [0.1, 0.15) is 5.56 Å². The van der Waals surface area contributed by atoms with Crippen LogP contribution in [0.5, 0.6) is 5.88 Å². The maximum atomic E-state index is 10.7. The molecule has 0 saturated carbocycles. The second-order valence-electron chi connectivity index (χ2n) is 3.27. The molecule has 0 spiro atoms. The molecule has 0 aliphatic carbocycles. The average Bonchev–Trinajstić information content (AvgIpc) is 2.46. The number of nitrogens with zero attached hydrogens (tertiary/aromatic N) is 2. The molecular weight excluding hydrogens is 172 g/mol. The number of rotatable bonds is 1. The third-order valence-corrected chi connectivity index (χ3v) is 2.01. The number of aromatic nitrogens is 2. The quantitative estimate of drug-likeness (QED) is 0.691. The van der Waals surface area contributed by atoms with Crippen LogP contribution in [0.25, 0.3) is 0 Å². The fourth-order valence-corrected chi connectivity index (χ4v) is 1.37. The van der Waals surface area contributed by atoms with E-state index >= 15 is 0 Å². The van der Waals surface area contributed by atoms with Crippen molar-refractivity contribution in [2.45, 2.75) is 13.5 Å². The molecular formula is C8H10N2O3. The lowest BCUT2D eigenvalue weighted by Crippen LogP contribution is -2.24. The van der Waals surface area contributed by atoms with Crippen molar-refractivity contribution in [2.24, 2.45) is 5.92 Å². The second-order valence-corrected chi connectivity index (χ2v) is 3.27. The van der Waals surface area contributed by atoms with Gasteiger partial charge in [0.15, 0.2) is 0 Å². The van der Waals surface area contributed by atoms with Crippen LogP contribution in [-0.2, 0) is 6.54 Å². The zero-order valence-corrected chi connectivity index (χ0v) is 7.23. The highest BCUT2D eigenvalue weighted by Crippen LogP contribution is 2.23. The van der Waals surface area contributed by atoms with Crippen LogP contribution in [0.3, 0.4) is 0 Å². The Kier molecular flexibility index (Phi) is 1.72. The van der Waals surface area contributed by atoms with Gasteiger partial charge in [-0.1, -0.05) is 6.92 Å². The molecule has 0 fully saturated rings. The van der Waals surface area contributed by atoms with Crippen LogP contribution >= 0.6 is 0 Å². The summed E-state index contributed by atoms with van der Waals surface area (Å²) >= 11 is 0. The number of carboxylic acid groups (broad SMARTS) is 1. The van der Waals surface area contributed by atoms with Gasteiger partial charge in [-0.25, -0.2) is 9.48 Å². The van der Waals surface area contributed by atoms with Gasteiger partial charge in [0.05, 0.1) is 19.3 Å². The number of fused-ring (bicyclic) bond motifs is 1. The summed E-state index contributed by atoms with van der Waals surface area (Å²) in [6.45, 7) is 3.32. The van der Waals surface area contributed by atoms with Crippen LogP contribution in [0.4, 0.5) is 0 Å². The van der Waals surface area contributed by atoms with Gasteiger partial charge < -0.3 is 9.84 Å². The van der Waals surface area contributed by atoms with E-state index in [1.54, 1.807) is 4.68 Å². The lowest BCUT2D eigenvalue weighted by molar-refractivity contribution is 0.0687. The first-order valence-electron chi connectivity index (χ1n) is 4.10. The normalized spacial score (nSPS) is 20.5. The van der Waals surface area contributed by atoms with Crippen LogP contribution in [0, 0.1) is 5.92 Å². The van der Waals surface area contributed by atoms with Gasteiger partial charge in [0.25, 0.3) is 0 Å². The minimum absolute atomic E-state index is 0.145. The SMILES string of the molecule is C[C@H]1COc2c(C(=O)O)cnn2C1. The summed E-state index contributed by atoms with van der Waals surface area (Å²) in [5.74, 6) is -0.226. The van der Waals surface area contributed by atoms with E-state index in [0.717, 1.165) is 6.54 Å². The van der Waals surface area contributed by atoms with Gasteiger partial charge >= 0.3 is 5.97 Å². The molecule has 0 amide bonds. The van der Waals surface area contributed by atoms with Crippen LogP contribution in [0.2, 0.25) is 0 Å². The first-order valence-corrected chi connectivity index (χ1v) is 4.10. The molecule has 1 N–H and O–H groups in total. The van der Waals surface area contributed by atoms with Crippen molar-refractivity contribution in [1.29, 1.82) is 0 Å². The molecule has 0 aromatic carbocycles. The van der Waals surface area contributed by atoms with Gasteiger partial charge in [-0.15, -0.1) is 0 Å². The molecule has 0 unspecified atom stereocenters. The minimum Gasteiger partial charge on any atom is -0.477 e. The summed E-state index contributed by atoms with van der Waals surface area (Å²) in [7, 11) is 0. The number of hydrogen-bond acceptors (Lipinski definition) is 3. The maximum absolute atomic E-state index is 10.7. The van der Waals surface area contributed by atoms with Crippen LogP contribution < -0.4 is 4.74 Å². The van der Waals surface area contributed by atoms with Crippen molar-refractivity contribution in [3.8, 4) is 5.88 Å². The van der Waals surface area contributed by atoms with E-state index in [1.165, 1.54) is 6.20 Å². The van der Waals surface area contributed by atoms with Crippen LogP contribution in [0.1, 0.15) is 17.3 Å². The van der Waals surface area contributed by atoms with E-state index in [1.807, 2.05) is 6.92 Å². The zero-order chi connectivity index (χ0) is 9.42. The summed E-state index contributed by atoms with van der Waals surface area (Å²) < 4.78 is 6.88. The lowest BCUT2D eigenvalue weighted by atomic mass is 10.2. The van der Waals surface area contributed by atoms with Crippen molar-refractivity contribution in [1.82, 2.24) is 9.78 Å². The summed E-state index contributed by atoms with van der Waals surface area (Å²) in [5.41, 5.74) is 0.145. The predicted octanol–water partition coefficient (Wildman–Crippen LogP) is 0.610. The highest BCUT2D eigenvalue weighted by atomic mass is 16.5. The molecule has 1 aromatic heterocycles. The van der Waals surface area contributed by atoms with Gasteiger partial charge in [0, 0.05) is 5.92 Å². The smallest absolute Gasteiger partial charge is 0.342 e. The molecule has 1 aliphatic rings. The first-order chi connectivity index (χ1) is 6.18. The number of carbonyl (C=O) groups is 1. The number of hydrogen-bond donors (Lipinski definition) is 1. The second kappa shape index (κ2) is 2.76. The van der Waals surface area contributed by atoms with Gasteiger partial charge in [-0.05, 0) is 0 Å². The molecule has 2 heterocycles. The van der Waals surface area contributed by atoms with E-state index < -0.39 is 5.97 Å². The topological polar surface area (TPSA) is 64.3 Å². The Labute approximate surface area is 74.9 Å². The van der Waals surface area contributed by atoms with Gasteiger partial charge in [0.2, 0.25) is 5.88 Å². The maximum Gasteiger partial charge on any atom is 0.342 e. The third kappa shape index (κ3) is 1.26. The summed E-state index contributed by atoms with van der Waals surface area (Å²) in [6, 6.07) is 0. The van der Waals surface area contributed by atoms with Crippen molar-refractivity contribution in [2.75, 3.05) is 6.61 Å². The van der Waals surface area contributed by atoms with E-state index in [9.17, 15) is 4.79 Å². The van der Waals surface area contributed by atoms with Gasteiger partial charge in [-0.3, -0.25) is 0 Å². The van der Waals surface area contributed by atoms with Crippen molar-refractivity contribution in [3.63, 3.8) is 0 Å². The molecule has 0 saturated heterocycles. The van der Waals surface area contributed by atoms with E-state index in [4.69, 9.17) is 9.84 Å². The molecule has 5 heteroatoms. The van der Waals surface area contributed by atoms with Crippen LogP contribution in [-0.4, -0.2) is 27.5 Å². The Bertz CT molecular complexity index is 345. The molecule has 13 heavy (non-hydrogen) atoms. The minimum atomic E-state index is -0.990. The van der Waals surface area contributed by atoms with Crippen molar-refractivity contribution in [3.05, 3.63) is 11.8 Å². The van der Waals surface area contributed by atoms with Crippen LogP contribution in [0.15, 0.2) is 6.20 Å². The van der Waals surface area contributed by atoms with Gasteiger partial charge in [-0.2, -0.15) is 5.10 Å². The summed E-state index contributed by atoms with van der Waals surface area (Å²) in [4.78, 5) is 10.7. The molecule has 1 atom stereocenters. The summed E-state index contributed by atoms with van der Waals surface area (Å²) in [5, 5.41) is 12.7. The lowest BCUT2D eigenvalue weighted by Gasteiger charge is -2.20. The Balaban J connectivity index is 2.39. The molecule has 2 rings (SSSR count). The summed E-state index contributed by atoms with van der Waals surface area (Å²) in [6.07, 6.45) is 1.33.